The Morgan fingerprint density at radius 2 is 1.92 bits per heavy atom. The third-order valence-corrected chi connectivity index (χ3v) is 3.34. The highest BCUT2D eigenvalue weighted by Crippen LogP contribution is 2.19. The molecule has 2 rings (SSSR count). The summed E-state index contributed by atoms with van der Waals surface area (Å²) in [7, 11) is 3.22. The first-order valence-electron chi connectivity index (χ1n) is 7.18. The molecule has 126 valence electrons. The van der Waals surface area contributed by atoms with E-state index in [1.54, 1.807) is 14.1 Å². The molecule has 2 amide bonds. The van der Waals surface area contributed by atoms with Gasteiger partial charge in [-0.2, -0.15) is 5.10 Å². The zero-order valence-electron chi connectivity index (χ0n) is 13.5. The van der Waals surface area contributed by atoms with Crippen molar-refractivity contribution >= 4 is 23.2 Å². The van der Waals surface area contributed by atoms with Crippen molar-refractivity contribution in [1.82, 2.24) is 14.7 Å². The Labute approximate surface area is 138 Å². The molecular formula is C15H17N5O4. The van der Waals surface area contributed by atoms with Crippen LogP contribution in [0.15, 0.2) is 30.5 Å². The molecule has 0 aliphatic carbocycles. The highest BCUT2D eigenvalue weighted by atomic mass is 16.6. The number of aromatic nitrogens is 2. The molecule has 1 aromatic heterocycles. The van der Waals surface area contributed by atoms with Crippen LogP contribution in [0.4, 0.5) is 11.4 Å². The number of carbonyl (C=O) groups excluding carboxylic acids is 2. The van der Waals surface area contributed by atoms with Gasteiger partial charge in [-0.1, -0.05) is 0 Å². The fourth-order valence-corrected chi connectivity index (χ4v) is 2.08. The van der Waals surface area contributed by atoms with Crippen molar-refractivity contribution in [2.24, 2.45) is 0 Å². The zero-order valence-corrected chi connectivity index (χ0v) is 13.5. The number of anilines is 1. The number of non-ortho nitro benzene ring substituents is 1. The second-order valence-corrected chi connectivity index (χ2v) is 5.18. The molecule has 1 N–H and O–H groups in total. The van der Waals surface area contributed by atoms with E-state index < -0.39 is 10.8 Å². The lowest BCUT2D eigenvalue weighted by Crippen LogP contribution is -2.26. The number of nitrogens with one attached hydrogen (secondary N) is 1. The van der Waals surface area contributed by atoms with E-state index >= 15 is 0 Å². The molecular weight excluding hydrogens is 314 g/mol. The standard InChI is InChI=1S/C15H17N5O4/c1-4-19-13(15(22)18(2)3)12(9-16-19)17-14(21)10-5-7-11(8-6-10)20(23)24/h5-9H,4H2,1-3H3,(H,17,21). The first kappa shape index (κ1) is 17.1. The first-order valence-corrected chi connectivity index (χ1v) is 7.18. The molecule has 2 aromatic rings. The average Bonchev–Trinajstić information content (AvgIpc) is 2.96. The maximum atomic E-state index is 12.3. The third-order valence-electron chi connectivity index (χ3n) is 3.34. The fraction of sp³-hybridized carbons (Fsp3) is 0.267. The number of hydrogen-bond donors (Lipinski definition) is 1. The lowest BCUT2D eigenvalue weighted by Gasteiger charge is -2.13. The molecule has 0 bridgehead atoms. The minimum atomic E-state index is -0.541. The molecule has 9 nitrogen and oxygen atoms in total. The van der Waals surface area contributed by atoms with Crippen molar-refractivity contribution in [3.63, 3.8) is 0 Å². The van der Waals surface area contributed by atoms with Crippen LogP contribution in [0.1, 0.15) is 27.8 Å². The summed E-state index contributed by atoms with van der Waals surface area (Å²) in [5.74, 6) is -0.762. The largest absolute Gasteiger partial charge is 0.343 e. The second kappa shape index (κ2) is 6.90. The van der Waals surface area contributed by atoms with Crippen molar-refractivity contribution in [2.45, 2.75) is 13.5 Å². The van der Waals surface area contributed by atoms with Crippen molar-refractivity contribution in [2.75, 3.05) is 19.4 Å². The number of amides is 2. The van der Waals surface area contributed by atoms with E-state index in [4.69, 9.17) is 0 Å². The second-order valence-electron chi connectivity index (χ2n) is 5.18. The van der Waals surface area contributed by atoms with Crippen LogP contribution in [0.25, 0.3) is 0 Å². The topological polar surface area (TPSA) is 110 Å². The Balaban J connectivity index is 2.27. The molecule has 0 unspecified atom stereocenters. The maximum absolute atomic E-state index is 12.3. The van der Waals surface area contributed by atoms with E-state index in [2.05, 4.69) is 10.4 Å². The third kappa shape index (κ3) is 3.40. The summed E-state index contributed by atoms with van der Waals surface area (Å²) in [4.78, 5) is 36.1. The summed E-state index contributed by atoms with van der Waals surface area (Å²) in [5.41, 5.74) is 0.707. The summed E-state index contributed by atoms with van der Waals surface area (Å²) in [6.07, 6.45) is 1.41. The molecule has 0 aliphatic rings. The maximum Gasteiger partial charge on any atom is 0.273 e. The quantitative estimate of drug-likeness (QED) is 0.663. The van der Waals surface area contributed by atoms with Crippen molar-refractivity contribution < 1.29 is 14.5 Å². The van der Waals surface area contributed by atoms with E-state index in [1.165, 1.54) is 40.0 Å². The molecule has 0 fully saturated rings. The number of aryl methyl sites for hydroxylation is 1. The van der Waals surface area contributed by atoms with Crippen molar-refractivity contribution in [3.8, 4) is 0 Å². The number of nitro benzene ring substituents is 1. The van der Waals surface area contributed by atoms with Crippen LogP contribution in [-0.4, -0.2) is 45.5 Å². The van der Waals surface area contributed by atoms with E-state index in [0.717, 1.165) is 0 Å². The van der Waals surface area contributed by atoms with Crippen LogP contribution in [0.3, 0.4) is 0 Å². The molecule has 0 spiro atoms. The number of carbonyl (C=O) groups is 2. The summed E-state index contributed by atoms with van der Waals surface area (Å²) in [6, 6.07) is 5.20. The van der Waals surface area contributed by atoms with Crippen LogP contribution in [0, 0.1) is 10.1 Å². The summed E-state index contributed by atoms with van der Waals surface area (Å²) >= 11 is 0. The number of nitrogens with zero attached hydrogens (tertiary/aromatic N) is 4. The molecule has 0 aliphatic heterocycles. The van der Waals surface area contributed by atoms with Gasteiger partial charge in [0, 0.05) is 38.3 Å². The van der Waals surface area contributed by atoms with Gasteiger partial charge in [0.05, 0.1) is 16.8 Å². The van der Waals surface area contributed by atoms with Crippen LogP contribution in [-0.2, 0) is 6.54 Å². The van der Waals surface area contributed by atoms with Gasteiger partial charge in [0.25, 0.3) is 17.5 Å². The predicted molar refractivity (Wildman–Crippen MR) is 87.0 cm³/mol. The summed E-state index contributed by atoms with van der Waals surface area (Å²) in [5, 5.41) is 17.4. The normalized spacial score (nSPS) is 10.3. The monoisotopic (exact) mass is 331 g/mol. The van der Waals surface area contributed by atoms with Crippen LogP contribution in [0.5, 0.6) is 0 Å². The van der Waals surface area contributed by atoms with Gasteiger partial charge in [0.1, 0.15) is 5.69 Å². The van der Waals surface area contributed by atoms with Crippen LogP contribution < -0.4 is 5.32 Å². The van der Waals surface area contributed by atoms with Gasteiger partial charge in [0.15, 0.2) is 0 Å². The Bertz CT molecular complexity index is 780. The molecule has 1 aromatic carbocycles. The lowest BCUT2D eigenvalue weighted by molar-refractivity contribution is -0.384. The van der Waals surface area contributed by atoms with Crippen LogP contribution in [0.2, 0.25) is 0 Å². The molecule has 0 saturated carbocycles. The minimum absolute atomic E-state index is 0.103. The number of hydrogen-bond acceptors (Lipinski definition) is 5. The molecule has 24 heavy (non-hydrogen) atoms. The molecule has 9 heteroatoms. The molecule has 0 saturated heterocycles. The van der Waals surface area contributed by atoms with Gasteiger partial charge in [-0.3, -0.25) is 24.4 Å². The van der Waals surface area contributed by atoms with E-state index in [9.17, 15) is 19.7 Å². The molecule has 1 heterocycles. The Kier molecular flexibility index (Phi) is 4.93. The highest BCUT2D eigenvalue weighted by molar-refractivity contribution is 6.08. The molecule has 0 radical (unpaired) electrons. The summed E-state index contributed by atoms with van der Waals surface area (Å²) < 4.78 is 1.49. The highest BCUT2D eigenvalue weighted by Gasteiger charge is 2.21. The molecule has 0 atom stereocenters. The first-order chi connectivity index (χ1) is 11.3. The van der Waals surface area contributed by atoms with Gasteiger partial charge in [-0.25, -0.2) is 0 Å². The summed E-state index contributed by atoms with van der Waals surface area (Å²) in [6.45, 7) is 2.31. The van der Waals surface area contributed by atoms with Gasteiger partial charge in [-0.05, 0) is 19.1 Å². The van der Waals surface area contributed by atoms with Gasteiger partial charge in [0.2, 0.25) is 0 Å². The van der Waals surface area contributed by atoms with E-state index in [-0.39, 0.29) is 22.9 Å². The van der Waals surface area contributed by atoms with Crippen LogP contribution >= 0.6 is 0 Å². The van der Waals surface area contributed by atoms with E-state index in [1.807, 2.05) is 6.92 Å². The Hall–Kier alpha value is -3.23. The van der Waals surface area contributed by atoms with Gasteiger partial charge in [-0.15, -0.1) is 0 Å². The number of benzene rings is 1. The zero-order chi connectivity index (χ0) is 17.9. The van der Waals surface area contributed by atoms with Gasteiger partial charge >= 0.3 is 0 Å². The Morgan fingerprint density at radius 3 is 2.42 bits per heavy atom. The lowest BCUT2D eigenvalue weighted by atomic mass is 10.2. The number of nitro groups is 1. The minimum Gasteiger partial charge on any atom is -0.343 e. The van der Waals surface area contributed by atoms with E-state index in [0.29, 0.717) is 12.2 Å². The smallest absolute Gasteiger partial charge is 0.273 e. The van der Waals surface area contributed by atoms with Gasteiger partial charge < -0.3 is 10.2 Å². The SMILES string of the molecule is CCn1ncc(NC(=O)c2ccc([N+](=O)[O-])cc2)c1C(=O)N(C)C. The van der Waals surface area contributed by atoms with Crippen molar-refractivity contribution in [3.05, 3.63) is 51.8 Å². The fourth-order valence-electron chi connectivity index (χ4n) is 2.08. The van der Waals surface area contributed by atoms with Crippen molar-refractivity contribution in [1.29, 1.82) is 0 Å². The predicted octanol–water partition coefficient (Wildman–Crippen LogP) is 1.77. The Morgan fingerprint density at radius 1 is 1.29 bits per heavy atom. The average molecular weight is 331 g/mol. The number of rotatable bonds is 5.